The number of hydrogen-bond acceptors (Lipinski definition) is 5. The highest BCUT2D eigenvalue weighted by molar-refractivity contribution is 7.99. The Bertz CT molecular complexity index is 763. The lowest BCUT2D eigenvalue weighted by molar-refractivity contribution is 0.102. The third kappa shape index (κ3) is 4.22. The molecule has 0 aliphatic rings. The van der Waals surface area contributed by atoms with Gasteiger partial charge in [-0.2, -0.15) is 0 Å². The normalized spacial score (nSPS) is 12.4. The molecule has 0 N–H and O–H groups in total. The third-order valence-corrected chi connectivity index (χ3v) is 5.15. The van der Waals surface area contributed by atoms with Gasteiger partial charge in [0, 0.05) is 30.6 Å². The predicted octanol–water partition coefficient (Wildman–Crippen LogP) is 3.37. The summed E-state index contributed by atoms with van der Waals surface area (Å²) in [6.07, 6.45) is 1.80. The molecule has 0 spiro atoms. The molecule has 0 aliphatic heterocycles. The fraction of sp³-hybridized carbons (Fsp3) is 0.500. The van der Waals surface area contributed by atoms with Crippen LogP contribution in [0.3, 0.4) is 0 Å². The van der Waals surface area contributed by atoms with Gasteiger partial charge in [0.2, 0.25) is 0 Å². The molecule has 0 saturated heterocycles. The topological polar surface area (TPSA) is 61.9 Å². The van der Waals surface area contributed by atoms with Crippen LogP contribution in [0.4, 0.5) is 0 Å². The number of aromatic nitrogens is 4. The average Bonchev–Trinajstić information content (AvgIpc) is 3.06. The molecule has 1 atom stereocenters. The van der Waals surface area contributed by atoms with E-state index in [-0.39, 0.29) is 11.8 Å². The van der Waals surface area contributed by atoms with Gasteiger partial charge in [-0.1, -0.05) is 17.8 Å². The van der Waals surface area contributed by atoms with E-state index in [9.17, 15) is 4.79 Å². The van der Waals surface area contributed by atoms with Crippen molar-refractivity contribution in [3.05, 3.63) is 41.5 Å². The lowest BCUT2D eigenvalue weighted by Crippen LogP contribution is -2.15. The van der Waals surface area contributed by atoms with Gasteiger partial charge in [-0.25, -0.2) is 0 Å². The standard InChI is InChI=1S/C18H26N4O2S/c1-7-8-21-15(5)19-20-18(21)25-11-17(23)16-9-12(2)22(14(16)4)13(3)10-24-6/h7,9,13H,1,8,10-11H2,2-6H3. The summed E-state index contributed by atoms with van der Waals surface area (Å²) in [5, 5.41) is 8.98. The summed E-state index contributed by atoms with van der Waals surface area (Å²) in [6, 6.07) is 2.15. The van der Waals surface area contributed by atoms with E-state index in [0.29, 0.717) is 18.9 Å². The molecule has 1 unspecified atom stereocenters. The average molecular weight is 362 g/mol. The lowest BCUT2D eigenvalue weighted by Gasteiger charge is -2.17. The molecule has 0 saturated carbocycles. The van der Waals surface area contributed by atoms with Crippen molar-refractivity contribution >= 4 is 17.5 Å². The summed E-state index contributed by atoms with van der Waals surface area (Å²) < 4.78 is 9.36. The van der Waals surface area contributed by atoms with Crippen LogP contribution in [-0.4, -0.2) is 44.6 Å². The number of rotatable bonds is 9. The lowest BCUT2D eigenvalue weighted by atomic mass is 10.2. The first-order valence-electron chi connectivity index (χ1n) is 8.24. The Morgan fingerprint density at radius 3 is 2.76 bits per heavy atom. The number of methoxy groups -OCH3 is 1. The number of ether oxygens (including phenoxy) is 1. The Morgan fingerprint density at radius 2 is 2.12 bits per heavy atom. The first kappa shape index (κ1) is 19.5. The summed E-state index contributed by atoms with van der Waals surface area (Å²) >= 11 is 1.41. The van der Waals surface area contributed by atoms with Crippen LogP contribution < -0.4 is 0 Å². The van der Waals surface area contributed by atoms with E-state index >= 15 is 0 Å². The zero-order chi connectivity index (χ0) is 18.6. The van der Waals surface area contributed by atoms with Gasteiger partial charge in [0.1, 0.15) is 5.82 Å². The molecule has 25 heavy (non-hydrogen) atoms. The van der Waals surface area contributed by atoms with Crippen molar-refractivity contribution in [2.45, 2.75) is 45.4 Å². The molecule has 0 fully saturated rings. The third-order valence-electron chi connectivity index (χ3n) is 4.18. The maximum atomic E-state index is 12.7. The molecular formula is C18H26N4O2S. The highest BCUT2D eigenvalue weighted by Gasteiger charge is 2.20. The molecule has 136 valence electrons. The molecule has 0 amide bonds. The van der Waals surface area contributed by atoms with Crippen molar-refractivity contribution in [1.82, 2.24) is 19.3 Å². The zero-order valence-electron chi connectivity index (χ0n) is 15.6. The van der Waals surface area contributed by atoms with Crippen LogP contribution in [0.15, 0.2) is 23.9 Å². The maximum absolute atomic E-state index is 12.7. The Labute approximate surface area is 153 Å². The van der Waals surface area contributed by atoms with Gasteiger partial charge in [-0.3, -0.25) is 4.79 Å². The van der Waals surface area contributed by atoms with Crippen LogP contribution in [0.2, 0.25) is 0 Å². The summed E-state index contributed by atoms with van der Waals surface area (Å²) in [5.74, 6) is 1.25. The van der Waals surface area contributed by atoms with Crippen molar-refractivity contribution in [3.63, 3.8) is 0 Å². The van der Waals surface area contributed by atoms with Crippen LogP contribution in [-0.2, 0) is 11.3 Å². The molecule has 0 bridgehead atoms. The van der Waals surface area contributed by atoms with Crippen molar-refractivity contribution in [1.29, 1.82) is 0 Å². The second-order valence-electron chi connectivity index (χ2n) is 6.10. The predicted molar refractivity (Wildman–Crippen MR) is 101 cm³/mol. The van der Waals surface area contributed by atoms with Gasteiger partial charge >= 0.3 is 0 Å². The van der Waals surface area contributed by atoms with Gasteiger partial charge in [-0.05, 0) is 33.8 Å². The summed E-state index contributed by atoms with van der Waals surface area (Å²) in [6.45, 7) is 13.0. The van der Waals surface area contributed by atoms with Crippen LogP contribution in [0, 0.1) is 20.8 Å². The van der Waals surface area contributed by atoms with Gasteiger partial charge in [0.05, 0.1) is 18.4 Å². The number of carbonyl (C=O) groups excluding carboxylic acids is 1. The number of carbonyl (C=O) groups is 1. The quantitative estimate of drug-likeness (QED) is 0.389. The van der Waals surface area contributed by atoms with E-state index in [1.807, 2.05) is 31.4 Å². The maximum Gasteiger partial charge on any atom is 0.191 e. The van der Waals surface area contributed by atoms with E-state index in [2.05, 4.69) is 28.3 Å². The number of nitrogens with zero attached hydrogens (tertiary/aromatic N) is 4. The minimum absolute atomic E-state index is 0.0970. The fourth-order valence-electron chi connectivity index (χ4n) is 3.07. The van der Waals surface area contributed by atoms with Gasteiger partial charge in [0.15, 0.2) is 10.9 Å². The SMILES string of the molecule is C=CCn1c(C)nnc1SCC(=O)c1cc(C)n(C(C)COC)c1C. The smallest absolute Gasteiger partial charge is 0.191 e. The van der Waals surface area contributed by atoms with Crippen molar-refractivity contribution in [3.8, 4) is 0 Å². The van der Waals surface area contributed by atoms with E-state index < -0.39 is 0 Å². The Kier molecular flexibility index (Phi) is 6.61. The molecule has 0 aliphatic carbocycles. The minimum Gasteiger partial charge on any atom is -0.383 e. The fourth-order valence-corrected chi connectivity index (χ4v) is 3.95. The van der Waals surface area contributed by atoms with E-state index in [1.165, 1.54) is 11.8 Å². The second kappa shape index (κ2) is 8.49. The number of aryl methyl sites for hydroxylation is 2. The van der Waals surface area contributed by atoms with E-state index in [4.69, 9.17) is 4.74 Å². The summed E-state index contributed by atoms with van der Waals surface area (Å²) in [7, 11) is 1.69. The molecule has 0 aromatic carbocycles. The highest BCUT2D eigenvalue weighted by atomic mass is 32.2. The van der Waals surface area contributed by atoms with E-state index in [0.717, 1.165) is 27.9 Å². The minimum atomic E-state index is 0.0970. The first-order valence-corrected chi connectivity index (χ1v) is 9.23. The first-order chi connectivity index (χ1) is 11.9. The van der Waals surface area contributed by atoms with Crippen LogP contribution in [0.1, 0.15) is 40.5 Å². The van der Waals surface area contributed by atoms with Crippen LogP contribution in [0.25, 0.3) is 0 Å². The molecule has 2 heterocycles. The largest absolute Gasteiger partial charge is 0.383 e. The number of thioether (sulfide) groups is 1. The number of allylic oxidation sites excluding steroid dienone is 1. The van der Waals surface area contributed by atoms with Crippen LogP contribution in [0.5, 0.6) is 0 Å². The van der Waals surface area contributed by atoms with Gasteiger partial charge in [0.25, 0.3) is 0 Å². The molecule has 2 aromatic heterocycles. The van der Waals surface area contributed by atoms with Crippen molar-refractivity contribution in [2.75, 3.05) is 19.5 Å². The molecule has 2 rings (SSSR count). The van der Waals surface area contributed by atoms with Crippen molar-refractivity contribution in [2.24, 2.45) is 0 Å². The highest BCUT2D eigenvalue weighted by Crippen LogP contribution is 2.24. The van der Waals surface area contributed by atoms with Gasteiger partial charge < -0.3 is 13.9 Å². The molecule has 7 heteroatoms. The van der Waals surface area contributed by atoms with Gasteiger partial charge in [-0.15, -0.1) is 16.8 Å². The summed E-state index contributed by atoms with van der Waals surface area (Å²) in [5.41, 5.74) is 2.82. The van der Waals surface area contributed by atoms with Crippen molar-refractivity contribution < 1.29 is 9.53 Å². The zero-order valence-corrected chi connectivity index (χ0v) is 16.4. The Morgan fingerprint density at radius 1 is 1.40 bits per heavy atom. The number of hydrogen-bond donors (Lipinski definition) is 0. The molecule has 6 nitrogen and oxygen atoms in total. The molecule has 0 radical (unpaired) electrons. The number of Topliss-reactive ketones (excluding diaryl/α,β-unsaturated/α-hetero) is 1. The monoisotopic (exact) mass is 362 g/mol. The number of ketones is 1. The van der Waals surface area contributed by atoms with E-state index in [1.54, 1.807) is 13.2 Å². The molecular weight excluding hydrogens is 336 g/mol. The summed E-state index contributed by atoms with van der Waals surface area (Å²) in [4.78, 5) is 12.7. The Hall–Kier alpha value is -1.86. The Balaban J connectivity index is 2.14. The van der Waals surface area contributed by atoms with Crippen LogP contribution >= 0.6 is 11.8 Å². The second-order valence-corrected chi connectivity index (χ2v) is 7.04. The molecule has 2 aromatic rings.